The van der Waals surface area contributed by atoms with Crippen molar-refractivity contribution in [2.45, 2.75) is 65.3 Å². The Morgan fingerprint density at radius 2 is 1.89 bits per heavy atom. The minimum atomic E-state index is -0.276. The molecule has 1 rings (SSSR count). The van der Waals surface area contributed by atoms with E-state index >= 15 is 0 Å². The molecule has 0 radical (unpaired) electrons. The summed E-state index contributed by atoms with van der Waals surface area (Å²) < 4.78 is 0. The van der Waals surface area contributed by atoms with Crippen molar-refractivity contribution in [3.05, 3.63) is 0 Å². The Morgan fingerprint density at radius 3 is 2.39 bits per heavy atom. The molecule has 0 aromatic carbocycles. The minimum Gasteiger partial charge on any atom is -0.341 e. The van der Waals surface area contributed by atoms with E-state index < -0.39 is 0 Å². The molecule has 3 heteroatoms. The van der Waals surface area contributed by atoms with Crippen molar-refractivity contribution in [1.82, 2.24) is 4.90 Å². The van der Waals surface area contributed by atoms with E-state index in [0.29, 0.717) is 0 Å². The third-order valence-electron chi connectivity index (χ3n) is 4.00. The summed E-state index contributed by atoms with van der Waals surface area (Å²) in [6.45, 7) is 8.47. The predicted molar refractivity (Wildman–Crippen MR) is 76.3 cm³/mol. The van der Waals surface area contributed by atoms with Gasteiger partial charge in [-0.3, -0.25) is 4.79 Å². The Balaban J connectivity index is 2.28. The van der Waals surface area contributed by atoms with Gasteiger partial charge in [0.2, 0.25) is 5.91 Å². The van der Waals surface area contributed by atoms with Crippen molar-refractivity contribution in [3.63, 3.8) is 0 Å². The summed E-state index contributed by atoms with van der Waals surface area (Å²) in [5, 5.41) is 0. The average molecular weight is 254 g/mol. The molecule has 0 aromatic rings. The van der Waals surface area contributed by atoms with Gasteiger partial charge in [-0.25, -0.2) is 0 Å². The summed E-state index contributed by atoms with van der Waals surface area (Å²) in [6, 6.07) is -0.276. The van der Waals surface area contributed by atoms with Crippen LogP contribution >= 0.6 is 0 Å². The third kappa shape index (κ3) is 4.97. The molecule has 1 amide bonds. The highest BCUT2D eigenvalue weighted by Gasteiger charge is 2.25. The lowest BCUT2D eigenvalue weighted by Crippen LogP contribution is -2.47. The largest absolute Gasteiger partial charge is 0.341 e. The number of rotatable bonds is 6. The number of piperidine rings is 1. The fourth-order valence-corrected chi connectivity index (χ4v) is 2.68. The SMILES string of the molecule is CCCC(N)C(=O)N1CCC(CCC(C)C)CC1. The van der Waals surface area contributed by atoms with Crippen molar-refractivity contribution >= 4 is 5.91 Å². The third-order valence-corrected chi connectivity index (χ3v) is 4.00. The normalized spacial score (nSPS) is 19.3. The molecule has 1 atom stereocenters. The van der Waals surface area contributed by atoms with Crippen LogP contribution in [0.5, 0.6) is 0 Å². The molecule has 2 N–H and O–H groups in total. The van der Waals surface area contributed by atoms with E-state index in [-0.39, 0.29) is 11.9 Å². The van der Waals surface area contributed by atoms with E-state index in [4.69, 9.17) is 5.73 Å². The van der Waals surface area contributed by atoms with Crippen LogP contribution in [0.15, 0.2) is 0 Å². The molecule has 1 aliphatic heterocycles. The Hall–Kier alpha value is -0.570. The van der Waals surface area contributed by atoms with Gasteiger partial charge in [-0.15, -0.1) is 0 Å². The first kappa shape index (κ1) is 15.5. The van der Waals surface area contributed by atoms with E-state index in [1.807, 2.05) is 4.90 Å². The molecule has 3 nitrogen and oxygen atoms in total. The minimum absolute atomic E-state index is 0.166. The topological polar surface area (TPSA) is 46.3 Å². The van der Waals surface area contributed by atoms with Crippen molar-refractivity contribution in [1.29, 1.82) is 0 Å². The quantitative estimate of drug-likeness (QED) is 0.792. The molecular weight excluding hydrogens is 224 g/mol. The van der Waals surface area contributed by atoms with Gasteiger partial charge in [-0.2, -0.15) is 0 Å². The van der Waals surface area contributed by atoms with Gasteiger partial charge in [-0.05, 0) is 31.1 Å². The number of nitrogens with two attached hydrogens (primary N) is 1. The molecule has 1 saturated heterocycles. The highest BCUT2D eigenvalue weighted by Crippen LogP contribution is 2.24. The molecule has 0 spiro atoms. The van der Waals surface area contributed by atoms with Crippen molar-refractivity contribution in [2.24, 2.45) is 17.6 Å². The summed E-state index contributed by atoms with van der Waals surface area (Å²) in [7, 11) is 0. The highest BCUT2D eigenvalue weighted by atomic mass is 16.2. The van der Waals surface area contributed by atoms with Gasteiger partial charge in [0.05, 0.1) is 6.04 Å². The molecule has 18 heavy (non-hydrogen) atoms. The number of amides is 1. The van der Waals surface area contributed by atoms with Gasteiger partial charge >= 0.3 is 0 Å². The van der Waals surface area contributed by atoms with Crippen LogP contribution in [0.4, 0.5) is 0 Å². The van der Waals surface area contributed by atoms with Gasteiger partial charge in [0.25, 0.3) is 0 Å². The Labute approximate surface area is 112 Å². The van der Waals surface area contributed by atoms with Crippen molar-refractivity contribution in [3.8, 4) is 0 Å². The number of likely N-dealkylation sites (tertiary alicyclic amines) is 1. The van der Waals surface area contributed by atoms with Crippen LogP contribution in [0, 0.1) is 11.8 Å². The van der Waals surface area contributed by atoms with Crippen LogP contribution in [0.25, 0.3) is 0 Å². The molecule has 1 aliphatic rings. The van der Waals surface area contributed by atoms with Gasteiger partial charge in [0.1, 0.15) is 0 Å². The van der Waals surface area contributed by atoms with E-state index in [1.165, 1.54) is 12.8 Å². The summed E-state index contributed by atoms with van der Waals surface area (Å²) in [6.07, 6.45) is 6.76. The van der Waals surface area contributed by atoms with E-state index in [1.54, 1.807) is 0 Å². The van der Waals surface area contributed by atoms with Gasteiger partial charge in [0, 0.05) is 13.1 Å². The highest BCUT2D eigenvalue weighted by molar-refractivity contribution is 5.81. The first-order valence-corrected chi connectivity index (χ1v) is 7.59. The smallest absolute Gasteiger partial charge is 0.239 e. The van der Waals surface area contributed by atoms with Crippen LogP contribution < -0.4 is 5.73 Å². The number of hydrogen-bond acceptors (Lipinski definition) is 2. The van der Waals surface area contributed by atoms with Gasteiger partial charge in [0.15, 0.2) is 0 Å². The predicted octanol–water partition coefficient (Wildman–Crippen LogP) is 2.79. The fraction of sp³-hybridized carbons (Fsp3) is 0.933. The van der Waals surface area contributed by atoms with E-state index in [2.05, 4.69) is 20.8 Å². The molecule has 0 saturated carbocycles. The van der Waals surface area contributed by atoms with Crippen molar-refractivity contribution in [2.75, 3.05) is 13.1 Å². The number of carbonyl (C=O) groups is 1. The van der Waals surface area contributed by atoms with Crippen LogP contribution in [0.3, 0.4) is 0 Å². The van der Waals surface area contributed by atoms with Crippen LogP contribution in [0.1, 0.15) is 59.3 Å². The second kappa shape index (κ2) is 7.78. The van der Waals surface area contributed by atoms with Crippen LogP contribution in [0.2, 0.25) is 0 Å². The van der Waals surface area contributed by atoms with E-state index in [9.17, 15) is 4.79 Å². The Morgan fingerprint density at radius 1 is 1.28 bits per heavy atom. The molecule has 0 bridgehead atoms. The van der Waals surface area contributed by atoms with Crippen LogP contribution in [-0.4, -0.2) is 29.9 Å². The number of carbonyl (C=O) groups excluding carboxylic acids is 1. The molecule has 1 unspecified atom stereocenters. The first-order valence-electron chi connectivity index (χ1n) is 7.59. The second-order valence-corrected chi connectivity index (χ2v) is 6.14. The summed E-state index contributed by atoms with van der Waals surface area (Å²) in [5.41, 5.74) is 5.90. The van der Waals surface area contributed by atoms with Crippen molar-refractivity contribution < 1.29 is 4.79 Å². The Kier molecular flexibility index (Phi) is 6.69. The van der Waals surface area contributed by atoms with Crippen LogP contribution in [-0.2, 0) is 4.79 Å². The maximum absolute atomic E-state index is 12.1. The fourth-order valence-electron chi connectivity index (χ4n) is 2.68. The monoisotopic (exact) mass is 254 g/mol. The van der Waals surface area contributed by atoms with E-state index in [0.717, 1.165) is 50.6 Å². The summed E-state index contributed by atoms with van der Waals surface area (Å²) in [4.78, 5) is 14.0. The second-order valence-electron chi connectivity index (χ2n) is 6.14. The van der Waals surface area contributed by atoms with Gasteiger partial charge < -0.3 is 10.6 Å². The maximum Gasteiger partial charge on any atom is 0.239 e. The zero-order chi connectivity index (χ0) is 13.5. The zero-order valence-corrected chi connectivity index (χ0v) is 12.3. The molecule has 0 aliphatic carbocycles. The molecular formula is C15H30N2O. The lowest BCUT2D eigenvalue weighted by molar-refractivity contribution is -0.134. The average Bonchev–Trinajstić information content (AvgIpc) is 2.36. The molecule has 106 valence electrons. The van der Waals surface area contributed by atoms with Gasteiger partial charge in [-0.1, -0.05) is 40.0 Å². The first-order chi connectivity index (χ1) is 8.54. The number of hydrogen-bond donors (Lipinski definition) is 1. The molecule has 0 aromatic heterocycles. The molecule has 1 heterocycles. The summed E-state index contributed by atoms with van der Waals surface area (Å²) in [5.74, 6) is 1.78. The maximum atomic E-state index is 12.1. The Bertz CT molecular complexity index is 245. The molecule has 1 fully saturated rings. The number of nitrogens with zero attached hydrogens (tertiary/aromatic N) is 1. The summed E-state index contributed by atoms with van der Waals surface area (Å²) >= 11 is 0. The lowest BCUT2D eigenvalue weighted by atomic mass is 9.89. The standard InChI is InChI=1S/C15H30N2O/c1-4-5-14(16)15(18)17-10-8-13(9-11-17)7-6-12(2)3/h12-14H,4-11,16H2,1-3H3. The lowest BCUT2D eigenvalue weighted by Gasteiger charge is -2.33. The zero-order valence-electron chi connectivity index (χ0n) is 12.3.